The maximum absolute atomic E-state index is 12.6. The number of hydrogen-bond acceptors (Lipinski definition) is 3. The van der Waals surface area contributed by atoms with Crippen molar-refractivity contribution < 1.29 is 4.79 Å². The van der Waals surface area contributed by atoms with E-state index >= 15 is 0 Å². The number of carbonyl (C=O) groups is 1. The van der Waals surface area contributed by atoms with Gasteiger partial charge in [-0.1, -0.05) is 0 Å². The van der Waals surface area contributed by atoms with Crippen molar-refractivity contribution in [2.45, 2.75) is 18.8 Å². The van der Waals surface area contributed by atoms with E-state index in [2.05, 4.69) is 27.1 Å². The van der Waals surface area contributed by atoms with Crippen LogP contribution in [0, 0.1) is 0 Å². The summed E-state index contributed by atoms with van der Waals surface area (Å²) in [5.41, 5.74) is 2.80. The molecule has 1 N–H and O–H groups in total. The Hall–Kier alpha value is -2.69. The molecule has 3 aromatic rings. The van der Waals surface area contributed by atoms with Gasteiger partial charge in [-0.25, -0.2) is 4.98 Å². The number of pyridine rings is 2. The van der Waals surface area contributed by atoms with Crippen LogP contribution < -0.4 is 0 Å². The molecule has 5 heteroatoms. The van der Waals surface area contributed by atoms with E-state index in [0.29, 0.717) is 11.5 Å². The lowest BCUT2D eigenvalue weighted by Crippen LogP contribution is -2.39. The number of piperidine rings is 1. The van der Waals surface area contributed by atoms with Gasteiger partial charge in [-0.2, -0.15) is 0 Å². The molecule has 0 spiro atoms. The highest BCUT2D eigenvalue weighted by Gasteiger charge is 2.26. The third-order valence-electron chi connectivity index (χ3n) is 4.49. The molecule has 1 aliphatic heterocycles. The van der Waals surface area contributed by atoms with Crippen LogP contribution in [0.1, 0.15) is 34.8 Å². The Balaban J connectivity index is 1.56. The number of amides is 1. The third-order valence-corrected chi connectivity index (χ3v) is 4.49. The third kappa shape index (κ3) is 2.70. The fourth-order valence-electron chi connectivity index (χ4n) is 3.29. The number of rotatable bonds is 2. The van der Waals surface area contributed by atoms with Crippen molar-refractivity contribution in [3.63, 3.8) is 0 Å². The van der Waals surface area contributed by atoms with Gasteiger partial charge in [0.1, 0.15) is 5.65 Å². The van der Waals surface area contributed by atoms with Crippen molar-refractivity contribution in [3.8, 4) is 0 Å². The summed E-state index contributed by atoms with van der Waals surface area (Å²) in [4.78, 5) is 26.3. The van der Waals surface area contributed by atoms with Crippen LogP contribution in [0.4, 0.5) is 0 Å². The minimum atomic E-state index is 0.0892. The summed E-state index contributed by atoms with van der Waals surface area (Å²) in [5.74, 6) is 0.426. The highest BCUT2D eigenvalue weighted by Crippen LogP contribution is 2.29. The van der Waals surface area contributed by atoms with Gasteiger partial charge in [-0.15, -0.1) is 0 Å². The van der Waals surface area contributed by atoms with Gasteiger partial charge in [0.15, 0.2) is 0 Å². The number of nitrogens with one attached hydrogen (secondary N) is 1. The first kappa shape index (κ1) is 13.9. The molecular weight excluding hydrogens is 288 g/mol. The zero-order chi connectivity index (χ0) is 15.6. The Morgan fingerprint density at radius 1 is 1.22 bits per heavy atom. The predicted molar refractivity (Wildman–Crippen MR) is 88.2 cm³/mol. The molecule has 0 aliphatic carbocycles. The van der Waals surface area contributed by atoms with E-state index in [0.717, 1.165) is 37.0 Å². The second-order valence-corrected chi connectivity index (χ2v) is 5.99. The molecule has 3 aromatic heterocycles. The molecule has 4 heterocycles. The van der Waals surface area contributed by atoms with Crippen molar-refractivity contribution in [1.29, 1.82) is 0 Å². The highest BCUT2D eigenvalue weighted by atomic mass is 16.2. The van der Waals surface area contributed by atoms with Crippen LogP contribution in [0.5, 0.6) is 0 Å². The monoisotopic (exact) mass is 306 g/mol. The Morgan fingerprint density at radius 3 is 2.91 bits per heavy atom. The molecule has 0 saturated carbocycles. The molecular formula is C18H18N4O. The summed E-state index contributed by atoms with van der Waals surface area (Å²) in [7, 11) is 0. The van der Waals surface area contributed by atoms with Gasteiger partial charge >= 0.3 is 0 Å². The van der Waals surface area contributed by atoms with Gasteiger partial charge in [0, 0.05) is 54.2 Å². The van der Waals surface area contributed by atoms with Crippen molar-refractivity contribution in [3.05, 3.63) is 60.2 Å². The molecule has 5 nitrogen and oxygen atoms in total. The van der Waals surface area contributed by atoms with E-state index in [1.165, 1.54) is 5.69 Å². The summed E-state index contributed by atoms with van der Waals surface area (Å²) in [5, 5.41) is 1.13. The lowest BCUT2D eigenvalue weighted by Gasteiger charge is -2.32. The molecule has 0 unspecified atom stereocenters. The van der Waals surface area contributed by atoms with Crippen LogP contribution >= 0.6 is 0 Å². The summed E-state index contributed by atoms with van der Waals surface area (Å²) in [6.45, 7) is 1.56. The summed E-state index contributed by atoms with van der Waals surface area (Å²) in [6.07, 6.45) is 7.23. The number of aromatic nitrogens is 3. The van der Waals surface area contributed by atoms with Crippen molar-refractivity contribution in [1.82, 2.24) is 19.9 Å². The van der Waals surface area contributed by atoms with Crippen LogP contribution in [0.3, 0.4) is 0 Å². The summed E-state index contributed by atoms with van der Waals surface area (Å²) in [6, 6.07) is 9.72. The van der Waals surface area contributed by atoms with Crippen LogP contribution in [0.25, 0.3) is 11.0 Å². The normalized spacial score (nSPS) is 18.3. The van der Waals surface area contributed by atoms with Gasteiger partial charge in [0.25, 0.3) is 5.91 Å². The maximum atomic E-state index is 12.6. The second kappa shape index (κ2) is 5.83. The average molecular weight is 306 g/mol. The first-order chi connectivity index (χ1) is 11.3. The molecule has 23 heavy (non-hydrogen) atoms. The van der Waals surface area contributed by atoms with E-state index in [9.17, 15) is 4.79 Å². The van der Waals surface area contributed by atoms with Gasteiger partial charge in [-0.05, 0) is 43.2 Å². The number of fused-ring (bicyclic) bond motifs is 1. The minimum absolute atomic E-state index is 0.0892. The molecule has 1 saturated heterocycles. The van der Waals surface area contributed by atoms with Crippen LogP contribution in [-0.2, 0) is 0 Å². The topological polar surface area (TPSA) is 61.9 Å². The number of nitrogens with zero attached hydrogens (tertiary/aromatic N) is 3. The summed E-state index contributed by atoms with van der Waals surface area (Å²) < 4.78 is 0. The minimum Gasteiger partial charge on any atom is -0.343 e. The Kier molecular flexibility index (Phi) is 3.54. The molecule has 0 bridgehead atoms. The number of hydrogen-bond donors (Lipinski definition) is 1. The first-order valence-corrected chi connectivity index (χ1v) is 7.94. The Bertz CT molecular complexity index is 794. The number of carbonyl (C=O) groups excluding carboxylic acids is 1. The number of aromatic amines is 1. The zero-order valence-electron chi connectivity index (χ0n) is 12.8. The molecule has 0 radical (unpaired) electrons. The SMILES string of the molecule is O=C(c1ccncc1)N1CCC[C@H](c2cc3cccnc3[nH]2)C1. The molecule has 4 rings (SSSR count). The van der Waals surface area contributed by atoms with Crippen molar-refractivity contribution >= 4 is 16.9 Å². The van der Waals surface area contributed by atoms with Gasteiger partial charge in [-0.3, -0.25) is 9.78 Å². The van der Waals surface area contributed by atoms with E-state index in [1.807, 2.05) is 11.0 Å². The van der Waals surface area contributed by atoms with E-state index in [-0.39, 0.29) is 5.91 Å². The molecule has 116 valence electrons. The van der Waals surface area contributed by atoms with E-state index in [4.69, 9.17) is 0 Å². The van der Waals surface area contributed by atoms with Crippen LogP contribution in [-0.4, -0.2) is 38.8 Å². The lowest BCUT2D eigenvalue weighted by molar-refractivity contribution is 0.0706. The molecule has 1 aliphatic rings. The number of likely N-dealkylation sites (tertiary alicyclic amines) is 1. The quantitative estimate of drug-likeness (QED) is 0.791. The largest absolute Gasteiger partial charge is 0.343 e. The fraction of sp³-hybridized carbons (Fsp3) is 0.278. The fourth-order valence-corrected chi connectivity index (χ4v) is 3.29. The molecule has 1 fully saturated rings. The van der Waals surface area contributed by atoms with E-state index < -0.39 is 0 Å². The first-order valence-electron chi connectivity index (χ1n) is 7.94. The van der Waals surface area contributed by atoms with Crippen LogP contribution in [0.15, 0.2) is 48.9 Å². The Morgan fingerprint density at radius 2 is 2.09 bits per heavy atom. The smallest absolute Gasteiger partial charge is 0.253 e. The predicted octanol–water partition coefficient (Wildman–Crippen LogP) is 2.98. The molecule has 1 amide bonds. The summed E-state index contributed by atoms with van der Waals surface area (Å²) >= 11 is 0. The lowest BCUT2D eigenvalue weighted by atomic mass is 9.94. The van der Waals surface area contributed by atoms with Gasteiger partial charge in [0.05, 0.1) is 0 Å². The van der Waals surface area contributed by atoms with Gasteiger partial charge < -0.3 is 9.88 Å². The molecule has 0 aromatic carbocycles. The zero-order valence-corrected chi connectivity index (χ0v) is 12.8. The van der Waals surface area contributed by atoms with Crippen molar-refractivity contribution in [2.75, 3.05) is 13.1 Å². The van der Waals surface area contributed by atoms with Crippen molar-refractivity contribution in [2.24, 2.45) is 0 Å². The Labute approximate surface area is 134 Å². The van der Waals surface area contributed by atoms with E-state index in [1.54, 1.807) is 30.7 Å². The second-order valence-electron chi connectivity index (χ2n) is 5.99. The highest BCUT2D eigenvalue weighted by molar-refractivity contribution is 5.94. The number of H-pyrrole nitrogens is 1. The van der Waals surface area contributed by atoms with Gasteiger partial charge in [0.2, 0.25) is 0 Å². The van der Waals surface area contributed by atoms with Crippen LogP contribution in [0.2, 0.25) is 0 Å². The maximum Gasteiger partial charge on any atom is 0.253 e. The average Bonchev–Trinajstić information content (AvgIpc) is 3.06. The standard InChI is InChI=1S/C18H18N4O/c23-18(13-5-8-19-9-6-13)22-10-2-4-15(12-22)16-11-14-3-1-7-20-17(14)21-16/h1,3,5-9,11,15H,2,4,10,12H2,(H,20,21)/t15-/m0/s1. The molecule has 1 atom stereocenters.